The van der Waals surface area contributed by atoms with Gasteiger partial charge >= 0.3 is 0 Å². The molecular formula is C17H21BrN2O3S2. The van der Waals surface area contributed by atoms with E-state index in [1.165, 1.54) is 13.1 Å². The predicted molar refractivity (Wildman–Crippen MR) is 106 cm³/mol. The number of nitrogens with one attached hydrogen (secondary N) is 1. The maximum atomic E-state index is 12.5. The summed E-state index contributed by atoms with van der Waals surface area (Å²) in [4.78, 5) is 12.4. The highest BCUT2D eigenvalue weighted by Crippen LogP contribution is 2.28. The molecule has 0 atom stereocenters. The lowest BCUT2D eigenvalue weighted by molar-refractivity contribution is -0.116. The monoisotopic (exact) mass is 444 g/mol. The Morgan fingerprint density at radius 1 is 1.16 bits per heavy atom. The van der Waals surface area contributed by atoms with E-state index in [4.69, 9.17) is 0 Å². The van der Waals surface area contributed by atoms with Crippen molar-refractivity contribution >= 4 is 48.9 Å². The molecule has 0 radical (unpaired) electrons. The fourth-order valence-electron chi connectivity index (χ4n) is 2.46. The third kappa shape index (κ3) is 4.69. The summed E-state index contributed by atoms with van der Waals surface area (Å²) in [6.45, 7) is 3.81. The first-order chi connectivity index (χ1) is 11.8. The van der Waals surface area contributed by atoms with Gasteiger partial charge in [-0.15, -0.1) is 11.3 Å². The van der Waals surface area contributed by atoms with Crippen molar-refractivity contribution in [1.29, 1.82) is 0 Å². The topological polar surface area (TPSA) is 66.5 Å². The van der Waals surface area contributed by atoms with Gasteiger partial charge in [0.25, 0.3) is 10.0 Å². The summed E-state index contributed by atoms with van der Waals surface area (Å²) >= 11 is 4.38. The van der Waals surface area contributed by atoms with Crippen molar-refractivity contribution in [2.45, 2.75) is 30.9 Å². The molecule has 0 aliphatic heterocycles. The number of rotatable bonds is 7. The number of para-hydroxylation sites is 1. The van der Waals surface area contributed by atoms with Gasteiger partial charge < -0.3 is 5.32 Å². The number of amides is 1. The van der Waals surface area contributed by atoms with Crippen LogP contribution in [0.25, 0.3) is 0 Å². The van der Waals surface area contributed by atoms with Crippen LogP contribution in [0.2, 0.25) is 0 Å². The zero-order chi connectivity index (χ0) is 18.6. The number of hydrogen-bond donors (Lipinski definition) is 1. The highest BCUT2D eigenvalue weighted by atomic mass is 79.9. The smallest absolute Gasteiger partial charge is 0.252 e. The molecule has 0 aliphatic rings. The second kappa shape index (κ2) is 8.44. The highest BCUT2D eigenvalue weighted by molar-refractivity contribution is 9.11. The van der Waals surface area contributed by atoms with E-state index in [-0.39, 0.29) is 16.7 Å². The maximum Gasteiger partial charge on any atom is 0.252 e. The number of hydrogen-bond acceptors (Lipinski definition) is 4. The Morgan fingerprint density at radius 2 is 1.76 bits per heavy atom. The van der Waals surface area contributed by atoms with Crippen LogP contribution < -0.4 is 5.32 Å². The Labute approximate surface area is 161 Å². The van der Waals surface area contributed by atoms with E-state index in [9.17, 15) is 13.2 Å². The molecule has 1 amide bonds. The van der Waals surface area contributed by atoms with Crippen LogP contribution in [0.1, 0.15) is 25.0 Å². The summed E-state index contributed by atoms with van der Waals surface area (Å²) in [5.41, 5.74) is 2.88. The lowest BCUT2D eigenvalue weighted by Gasteiger charge is -2.18. The summed E-state index contributed by atoms with van der Waals surface area (Å²) in [6.07, 6.45) is 1.58. The van der Waals surface area contributed by atoms with Gasteiger partial charge in [0, 0.05) is 12.7 Å². The van der Waals surface area contributed by atoms with Gasteiger partial charge in [-0.05, 0) is 52.0 Å². The lowest BCUT2D eigenvalue weighted by atomic mass is 10.0. The molecule has 2 rings (SSSR count). The molecule has 0 saturated heterocycles. The fourth-order valence-corrected chi connectivity index (χ4v) is 5.81. The van der Waals surface area contributed by atoms with Crippen LogP contribution >= 0.6 is 27.3 Å². The van der Waals surface area contributed by atoms with E-state index in [1.54, 1.807) is 6.07 Å². The van der Waals surface area contributed by atoms with Gasteiger partial charge in [-0.25, -0.2) is 8.42 Å². The Balaban J connectivity index is 2.15. The molecule has 0 spiro atoms. The molecule has 0 aliphatic carbocycles. The molecule has 0 unspecified atom stereocenters. The molecule has 1 heterocycles. The van der Waals surface area contributed by atoms with Gasteiger partial charge in [-0.1, -0.05) is 32.0 Å². The molecule has 1 N–H and O–H groups in total. The summed E-state index contributed by atoms with van der Waals surface area (Å²) in [5.74, 6) is -0.350. The summed E-state index contributed by atoms with van der Waals surface area (Å²) in [6, 6.07) is 9.12. The normalized spacial score (nSPS) is 11.7. The molecule has 0 bridgehead atoms. The number of likely N-dealkylation sites (N-methyl/N-ethyl adjacent to an activating group) is 1. The molecule has 0 fully saturated rings. The number of halogens is 1. The minimum Gasteiger partial charge on any atom is -0.324 e. The predicted octanol–water partition coefficient (Wildman–Crippen LogP) is 3.89. The average Bonchev–Trinajstić information content (AvgIpc) is 3.02. The van der Waals surface area contributed by atoms with E-state index in [1.807, 2.05) is 32.0 Å². The maximum absolute atomic E-state index is 12.5. The zero-order valence-electron chi connectivity index (χ0n) is 14.4. The first kappa shape index (κ1) is 20.1. The Bertz CT molecular complexity index is 840. The molecule has 0 saturated carbocycles. The second-order valence-electron chi connectivity index (χ2n) is 5.53. The third-order valence-electron chi connectivity index (χ3n) is 3.84. The number of carbonyl (C=O) groups excluding carboxylic acids is 1. The minimum absolute atomic E-state index is 0.206. The van der Waals surface area contributed by atoms with Crippen molar-refractivity contribution in [3.05, 3.63) is 45.2 Å². The van der Waals surface area contributed by atoms with E-state index in [2.05, 4.69) is 21.2 Å². The van der Waals surface area contributed by atoms with Crippen LogP contribution in [-0.2, 0) is 27.7 Å². The average molecular weight is 445 g/mol. The minimum atomic E-state index is -3.68. The van der Waals surface area contributed by atoms with Crippen LogP contribution in [0.3, 0.4) is 0 Å². The Morgan fingerprint density at radius 3 is 2.24 bits per heavy atom. The molecule has 2 aromatic rings. The Hall–Kier alpha value is -1.22. The van der Waals surface area contributed by atoms with Gasteiger partial charge in [0.1, 0.15) is 4.21 Å². The van der Waals surface area contributed by atoms with Gasteiger partial charge in [-0.3, -0.25) is 4.79 Å². The largest absolute Gasteiger partial charge is 0.324 e. The van der Waals surface area contributed by atoms with Crippen molar-refractivity contribution in [3.8, 4) is 0 Å². The standard InChI is InChI=1S/C17H21BrN2O3S2/c1-4-12-7-6-8-13(5-2)17(12)19-15(21)11-20(3)25(22,23)16-10-9-14(18)24-16/h6-10H,4-5,11H2,1-3H3,(H,19,21). The Kier molecular flexibility index (Phi) is 6.79. The van der Waals surface area contributed by atoms with Crippen LogP contribution in [0.15, 0.2) is 38.3 Å². The van der Waals surface area contributed by atoms with Crippen LogP contribution in [0.4, 0.5) is 5.69 Å². The highest BCUT2D eigenvalue weighted by Gasteiger charge is 2.25. The number of thiophene rings is 1. The number of sulfonamides is 1. The number of anilines is 1. The molecule has 1 aromatic carbocycles. The molecule has 136 valence electrons. The van der Waals surface area contributed by atoms with Crippen LogP contribution in [0.5, 0.6) is 0 Å². The summed E-state index contributed by atoms with van der Waals surface area (Å²) in [5, 5.41) is 2.89. The molecule has 1 aromatic heterocycles. The first-order valence-corrected chi connectivity index (χ1v) is 11.0. The SMILES string of the molecule is CCc1cccc(CC)c1NC(=O)CN(C)S(=O)(=O)c1ccc(Br)s1. The molecule has 5 nitrogen and oxygen atoms in total. The van der Waals surface area contributed by atoms with Crippen molar-refractivity contribution in [2.24, 2.45) is 0 Å². The molecular weight excluding hydrogens is 424 g/mol. The summed E-state index contributed by atoms with van der Waals surface area (Å²) < 4.78 is 27.0. The van der Waals surface area contributed by atoms with E-state index in [0.29, 0.717) is 0 Å². The second-order valence-corrected chi connectivity index (χ2v) is 10.3. The van der Waals surface area contributed by atoms with E-state index >= 15 is 0 Å². The number of nitrogens with zero attached hydrogens (tertiary/aromatic N) is 1. The van der Waals surface area contributed by atoms with E-state index in [0.717, 1.165) is 49.1 Å². The van der Waals surface area contributed by atoms with Crippen LogP contribution in [0, 0.1) is 0 Å². The van der Waals surface area contributed by atoms with E-state index < -0.39 is 10.0 Å². The van der Waals surface area contributed by atoms with Crippen molar-refractivity contribution < 1.29 is 13.2 Å². The van der Waals surface area contributed by atoms with Gasteiger partial charge in [-0.2, -0.15) is 4.31 Å². The van der Waals surface area contributed by atoms with Gasteiger partial charge in [0.2, 0.25) is 5.91 Å². The van der Waals surface area contributed by atoms with Crippen molar-refractivity contribution in [1.82, 2.24) is 4.31 Å². The quantitative estimate of drug-likeness (QED) is 0.703. The van der Waals surface area contributed by atoms with Gasteiger partial charge in [0.05, 0.1) is 10.3 Å². The van der Waals surface area contributed by atoms with Crippen LogP contribution in [-0.4, -0.2) is 32.2 Å². The van der Waals surface area contributed by atoms with Crippen molar-refractivity contribution in [3.63, 3.8) is 0 Å². The number of benzene rings is 1. The molecule has 25 heavy (non-hydrogen) atoms. The number of aryl methyl sites for hydroxylation is 2. The zero-order valence-corrected chi connectivity index (χ0v) is 17.6. The van der Waals surface area contributed by atoms with Crippen molar-refractivity contribution in [2.75, 3.05) is 18.9 Å². The lowest BCUT2D eigenvalue weighted by Crippen LogP contribution is -2.35. The fraction of sp³-hybridized carbons (Fsp3) is 0.353. The van der Waals surface area contributed by atoms with Gasteiger partial charge in [0.15, 0.2) is 0 Å². The summed E-state index contributed by atoms with van der Waals surface area (Å²) in [7, 11) is -2.26. The first-order valence-electron chi connectivity index (χ1n) is 7.91. The number of carbonyl (C=O) groups is 1. The third-order valence-corrected chi connectivity index (χ3v) is 7.74. The molecule has 8 heteroatoms.